The highest BCUT2D eigenvalue weighted by Crippen LogP contribution is 2.37. The number of rotatable bonds is 2. The minimum absolute atomic E-state index is 0.513. The molecule has 2 aromatic carbocycles. The van der Waals surface area contributed by atoms with Crippen LogP contribution in [0.2, 0.25) is 0 Å². The first-order chi connectivity index (χ1) is 9.25. The molecule has 19 heavy (non-hydrogen) atoms. The second kappa shape index (κ2) is 5.38. The quantitative estimate of drug-likeness (QED) is 0.745. The molecular formula is C17H18BrN. The second-order valence-corrected chi connectivity index (χ2v) is 6.11. The van der Waals surface area contributed by atoms with Crippen molar-refractivity contribution in [3.05, 3.63) is 64.1 Å². The Morgan fingerprint density at radius 2 is 1.95 bits per heavy atom. The number of halogens is 1. The molecule has 0 bridgehead atoms. The summed E-state index contributed by atoms with van der Waals surface area (Å²) in [7, 11) is 0. The molecule has 1 aliphatic heterocycles. The zero-order chi connectivity index (χ0) is 13.2. The highest BCUT2D eigenvalue weighted by Gasteiger charge is 2.26. The maximum absolute atomic E-state index is 3.58. The molecule has 1 aliphatic rings. The van der Waals surface area contributed by atoms with E-state index in [9.17, 15) is 0 Å². The molecule has 2 heteroatoms. The summed E-state index contributed by atoms with van der Waals surface area (Å²) in [6.45, 7) is 3.35. The molecular weight excluding hydrogens is 298 g/mol. The first-order valence-electron chi connectivity index (χ1n) is 6.83. The van der Waals surface area contributed by atoms with Gasteiger partial charge < -0.3 is 4.90 Å². The zero-order valence-corrected chi connectivity index (χ0v) is 12.7. The van der Waals surface area contributed by atoms with Gasteiger partial charge in [0.25, 0.3) is 0 Å². The number of aryl methyl sites for hydroxylation is 1. The fourth-order valence-corrected chi connectivity index (χ4v) is 3.42. The number of benzene rings is 2. The van der Waals surface area contributed by atoms with Gasteiger partial charge in [-0.25, -0.2) is 0 Å². The summed E-state index contributed by atoms with van der Waals surface area (Å²) in [5.74, 6) is 0. The Hall–Kier alpha value is -1.28. The molecule has 0 N–H and O–H groups in total. The maximum Gasteiger partial charge on any atom is 0.0543 e. The van der Waals surface area contributed by atoms with Crippen molar-refractivity contribution >= 4 is 21.6 Å². The zero-order valence-electron chi connectivity index (χ0n) is 11.1. The lowest BCUT2D eigenvalue weighted by molar-refractivity contribution is 0.717. The van der Waals surface area contributed by atoms with Crippen LogP contribution in [-0.4, -0.2) is 6.54 Å². The minimum atomic E-state index is 0.513. The lowest BCUT2D eigenvalue weighted by Crippen LogP contribution is -2.23. The van der Waals surface area contributed by atoms with Crippen LogP contribution in [0.25, 0.3) is 0 Å². The topological polar surface area (TPSA) is 3.24 Å². The molecule has 3 rings (SSSR count). The predicted molar refractivity (Wildman–Crippen MR) is 84.6 cm³/mol. The summed E-state index contributed by atoms with van der Waals surface area (Å²) in [6.07, 6.45) is 2.51. The number of hydrogen-bond acceptors (Lipinski definition) is 1. The van der Waals surface area contributed by atoms with Crippen molar-refractivity contribution in [2.45, 2.75) is 25.8 Å². The molecule has 98 valence electrons. The van der Waals surface area contributed by atoms with Crippen LogP contribution in [0.15, 0.2) is 53.0 Å². The Morgan fingerprint density at radius 1 is 1.11 bits per heavy atom. The standard InChI is InChI=1S/C17H18BrN/c1-13-6-2-3-9-16(13)19-11-5-10-17(19)14-7-4-8-15(18)12-14/h2-4,6-9,12,17H,5,10-11H2,1H3. The summed E-state index contributed by atoms with van der Waals surface area (Å²) in [6, 6.07) is 17.9. The van der Waals surface area contributed by atoms with Crippen LogP contribution in [0, 0.1) is 6.92 Å². The maximum atomic E-state index is 3.58. The van der Waals surface area contributed by atoms with Gasteiger partial charge in [0.1, 0.15) is 0 Å². The Kier molecular flexibility index (Phi) is 3.61. The van der Waals surface area contributed by atoms with E-state index in [1.165, 1.54) is 34.1 Å². The van der Waals surface area contributed by atoms with Crippen molar-refractivity contribution in [3.8, 4) is 0 Å². The molecule has 1 atom stereocenters. The van der Waals surface area contributed by atoms with Crippen molar-refractivity contribution in [1.82, 2.24) is 0 Å². The molecule has 1 nitrogen and oxygen atoms in total. The van der Waals surface area contributed by atoms with Crippen LogP contribution in [-0.2, 0) is 0 Å². The van der Waals surface area contributed by atoms with Crippen LogP contribution in [0.5, 0.6) is 0 Å². The number of hydrogen-bond donors (Lipinski definition) is 0. The van der Waals surface area contributed by atoms with E-state index in [0.717, 1.165) is 6.54 Å². The molecule has 1 fully saturated rings. The molecule has 1 unspecified atom stereocenters. The SMILES string of the molecule is Cc1ccccc1N1CCCC1c1cccc(Br)c1. The Labute approximate surface area is 123 Å². The molecule has 1 saturated heterocycles. The highest BCUT2D eigenvalue weighted by molar-refractivity contribution is 9.10. The molecule has 2 aromatic rings. The lowest BCUT2D eigenvalue weighted by atomic mass is 10.0. The highest BCUT2D eigenvalue weighted by atomic mass is 79.9. The summed E-state index contributed by atoms with van der Waals surface area (Å²) >= 11 is 3.58. The van der Waals surface area contributed by atoms with Gasteiger partial charge in [0.15, 0.2) is 0 Å². The third-order valence-corrected chi connectivity index (χ3v) is 4.40. The van der Waals surface area contributed by atoms with E-state index in [4.69, 9.17) is 0 Å². The van der Waals surface area contributed by atoms with E-state index in [2.05, 4.69) is 76.3 Å². The second-order valence-electron chi connectivity index (χ2n) is 5.19. The first kappa shape index (κ1) is 12.7. The van der Waals surface area contributed by atoms with E-state index < -0.39 is 0 Å². The first-order valence-corrected chi connectivity index (χ1v) is 7.63. The van der Waals surface area contributed by atoms with Crippen LogP contribution in [0.3, 0.4) is 0 Å². The number of anilines is 1. The van der Waals surface area contributed by atoms with Crippen molar-refractivity contribution < 1.29 is 0 Å². The van der Waals surface area contributed by atoms with Crippen molar-refractivity contribution in [3.63, 3.8) is 0 Å². The molecule has 0 amide bonds. The molecule has 0 aliphatic carbocycles. The minimum Gasteiger partial charge on any atom is -0.364 e. The Bertz CT molecular complexity index is 579. The van der Waals surface area contributed by atoms with Gasteiger partial charge in [-0.15, -0.1) is 0 Å². The van der Waals surface area contributed by atoms with Gasteiger partial charge in [-0.05, 0) is 49.1 Å². The van der Waals surface area contributed by atoms with Gasteiger partial charge in [-0.3, -0.25) is 0 Å². The van der Waals surface area contributed by atoms with Gasteiger partial charge in [0.05, 0.1) is 6.04 Å². The van der Waals surface area contributed by atoms with E-state index in [1.54, 1.807) is 0 Å². The van der Waals surface area contributed by atoms with Crippen LogP contribution >= 0.6 is 15.9 Å². The molecule has 0 saturated carbocycles. The third-order valence-electron chi connectivity index (χ3n) is 3.91. The Balaban J connectivity index is 1.96. The average molecular weight is 316 g/mol. The summed E-state index contributed by atoms with van der Waals surface area (Å²) in [4.78, 5) is 2.55. The fraction of sp³-hybridized carbons (Fsp3) is 0.294. The van der Waals surface area contributed by atoms with Gasteiger partial charge in [-0.1, -0.05) is 46.3 Å². The van der Waals surface area contributed by atoms with E-state index in [-0.39, 0.29) is 0 Å². The van der Waals surface area contributed by atoms with E-state index >= 15 is 0 Å². The summed E-state index contributed by atoms with van der Waals surface area (Å²) in [5.41, 5.74) is 4.16. The van der Waals surface area contributed by atoms with Crippen molar-refractivity contribution in [2.24, 2.45) is 0 Å². The molecule has 0 radical (unpaired) electrons. The lowest BCUT2D eigenvalue weighted by Gasteiger charge is -2.28. The summed E-state index contributed by atoms with van der Waals surface area (Å²) < 4.78 is 1.17. The summed E-state index contributed by atoms with van der Waals surface area (Å²) in [5, 5.41) is 0. The largest absolute Gasteiger partial charge is 0.364 e. The van der Waals surface area contributed by atoms with E-state index in [0.29, 0.717) is 6.04 Å². The van der Waals surface area contributed by atoms with Gasteiger partial charge in [-0.2, -0.15) is 0 Å². The van der Waals surface area contributed by atoms with Gasteiger partial charge in [0, 0.05) is 16.7 Å². The number of para-hydroxylation sites is 1. The molecule has 0 aromatic heterocycles. The normalized spacial score (nSPS) is 18.8. The van der Waals surface area contributed by atoms with Crippen LogP contribution in [0.1, 0.15) is 30.0 Å². The average Bonchev–Trinajstić information content (AvgIpc) is 2.88. The van der Waals surface area contributed by atoms with Gasteiger partial charge in [0.2, 0.25) is 0 Å². The molecule has 0 spiro atoms. The van der Waals surface area contributed by atoms with Crippen molar-refractivity contribution in [1.29, 1.82) is 0 Å². The third kappa shape index (κ3) is 2.55. The predicted octanol–water partition coefficient (Wildman–Crippen LogP) is 5.10. The van der Waals surface area contributed by atoms with Crippen molar-refractivity contribution in [2.75, 3.05) is 11.4 Å². The fourth-order valence-electron chi connectivity index (χ4n) is 3.00. The van der Waals surface area contributed by atoms with E-state index in [1.807, 2.05) is 0 Å². The van der Waals surface area contributed by atoms with Gasteiger partial charge >= 0.3 is 0 Å². The van der Waals surface area contributed by atoms with Crippen LogP contribution in [0.4, 0.5) is 5.69 Å². The van der Waals surface area contributed by atoms with Crippen LogP contribution < -0.4 is 4.90 Å². The smallest absolute Gasteiger partial charge is 0.0543 e. The Morgan fingerprint density at radius 3 is 2.74 bits per heavy atom. The monoisotopic (exact) mass is 315 g/mol. The number of nitrogens with zero attached hydrogens (tertiary/aromatic N) is 1. The molecule has 1 heterocycles.